The van der Waals surface area contributed by atoms with Gasteiger partial charge in [-0.3, -0.25) is 14.5 Å². The smallest absolute Gasteiger partial charge is 0.320 e. The molecule has 2 amide bonds. The molecule has 0 aliphatic carbocycles. The summed E-state index contributed by atoms with van der Waals surface area (Å²) >= 11 is 9.08. The van der Waals surface area contributed by atoms with Gasteiger partial charge in [0.05, 0.1) is 32.3 Å². The number of anilines is 1. The average Bonchev–Trinajstić information content (AvgIpc) is 3.75. The molecular weight excluding hydrogens is 684 g/mol. The van der Waals surface area contributed by atoms with Crippen molar-refractivity contribution >= 4 is 67.7 Å². The number of carboxylic acids is 1. The van der Waals surface area contributed by atoms with Crippen molar-refractivity contribution in [2.45, 2.75) is 57.1 Å². The molecule has 4 N–H and O–H groups in total. The number of thioether (sulfide) groups is 1. The molecule has 1 atom stereocenters. The molecule has 254 valence electrons. The standard InChI is InChI=1S/C35H35ClN6O5S2/c1-5-28(32(44)45)48-19-21-18-41-25-12-11-23(15-29(25)49-34(41)38-21)47-27-9-7-6-8-20(27)17-37-33(46)39-31-16-30(35(2,3)4)40-42(31)22-10-13-26(43)24(36)14-22/h6-16,18,28,43H,5,17,19H2,1-4H3,(H,44,45)(H2,37,39,46). The topological polar surface area (TPSA) is 143 Å². The molecule has 0 aliphatic heterocycles. The van der Waals surface area contributed by atoms with Crippen LogP contribution >= 0.6 is 34.7 Å². The number of aliphatic carboxylic acids is 1. The molecule has 0 spiro atoms. The summed E-state index contributed by atoms with van der Waals surface area (Å²) in [6.45, 7) is 8.16. The van der Waals surface area contributed by atoms with Gasteiger partial charge in [-0.1, -0.05) is 68.8 Å². The van der Waals surface area contributed by atoms with E-state index in [2.05, 4.69) is 10.6 Å². The van der Waals surface area contributed by atoms with Gasteiger partial charge in [0.25, 0.3) is 0 Å². The van der Waals surface area contributed by atoms with E-state index in [4.69, 9.17) is 26.4 Å². The highest BCUT2D eigenvalue weighted by Crippen LogP contribution is 2.34. The minimum absolute atomic E-state index is 0.0445. The summed E-state index contributed by atoms with van der Waals surface area (Å²) in [4.78, 5) is 30.1. The molecule has 3 aromatic carbocycles. The summed E-state index contributed by atoms with van der Waals surface area (Å²) in [6.07, 6.45) is 2.52. The molecule has 3 heterocycles. The van der Waals surface area contributed by atoms with Crippen molar-refractivity contribution in [2.75, 3.05) is 5.32 Å². The lowest BCUT2D eigenvalue weighted by molar-refractivity contribution is -0.136. The van der Waals surface area contributed by atoms with E-state index in [0.717, 1.165) is 32.1 Å². The molecule has 0 fully saturated rings. The Morgan fingerprint density at radius 3 is 2.63 bits per heavy atom. The Balaban J connectivity index is 1.14. The van der Waals surface area contributed by atoms with Crippen molar-refractivity contribution in [3.05, 3.63) is 94.9 Å². The van der Waals surface area contributed by atoms with Crippen LogP contribution in [-0.4, -0.2) is 46.6 Å². The third-order valence-corrected chi connectivity index (χ3v) is 10.4. The molecule has 0 aliphatic rings. The number of hydrogen-bond donors (Lipinski definition) is 4. The van der Waals surface area contributed by atoms with Crippen molar-refractivity contribution in [2.24, 2.45) is 0 Å². The zero-order chi connectivity index (χ0) is 34.9. The van der Waals surface area contributed by atoms with E-state index in [9.17, 15) is 19.8 Å². The first-order chi connectivity index (χ1) is 23.4. The van der Waals surface area contributed by atoms with Crippen LogP contribution in [0.4, 0.5) is 10.6 Å². The van der Waals surface area contributed by atoms with Crippen molar-refractivity contribution in [3.63, 3.8) is 0 Å². The van der Waals surface area contributed by atoms with Crippen LogP contribution in [0.3, 0.4) is 0 Å². The summed E-state index contributed by atoms with van der Waals surface area (Å²) in [5.41, 5.74) is 3.67. The molecule has 14 heteroatoms. The van der Waals surface area contributed by atoms with Gasteiger partial charge in [0, 0.05) is 41.6 Å². The Kier molecular flexibility index (Phi) is 9.77. The largest absolute Gasteiger partial charge is 0.506 e. The van der Waals surface area contributed by atoms with Gasteiger partial charge in [0.15, 0.2) is 4.96 Å². The first-order valence-electron chi connectivity index (χ1n) is 15.5. The number of imidazole rings is 1. The number of rotatable bonds is 11. The molecular formula is C35H35ClN6O5S2. The number of amides is 2. The predicted octanol–water partition coefficient (Wildman–Crippen LogP) is 8.60. The number of carboxylic acid groups (broad SMARTS) is 1. The molecule has 3 aromatic heterocycles. The van der Waals surface area contributed by atoms with E-state index in [1.807, 2.05) is 86.8 Å². The van der Waals surface area contributed by atoms with Gasteiger partial charge in [-0.15, -0.1) is 11.8 Å². The van der Waals surface area contributed by atoms with Gasteiger partial charge >= 0.3 is 12.0 Å². The number of carbonyl (C=O) groups excluding carboxylic acids is 1. The number of aromatic nitrogens is 4. The van der Waals surface area contributed by atoms with Crippen LogP contribution in [0, 0.1) is 0 Å². The Bertz CT molecular complexity index is 2170. The highest BCUT2D eigenvalue weighted by Gasteiger charge is 2.22. The fraction of sp³-hybridized carbons (Fsp3) is 0.257. The predicted molar refractivity (Wildman–Crippen MR) is 195 cm³/mol. The monoisotopic (exact) mass is 718 g/mol. The van der Waals surface area contributed by atoms with E-state index >= 15 is 0 Å². The summed E-state index contributed by atoms with van der Waals surface area (Å²) in [5.74, 6) is 1.37. The van der Waals surface area contributed by atoms with Gasteiger partial charge in [0.1, 0.15) is 28.3 Å². The summed E-state index contributed by atoms with van der Waals surface area (Å²) in [5, 5.41) is 29.5. The second-order valence-electron chi connectivity index (χ2n) is 12.4. The Morgan fingerprint density at radius 1 is 1.10 bits per heavy atom. The number of nitrogens with one attached hydrogen (secondary N) is 2. The quantitative estimate of drug-likeness (QED) is 0.104. The Morgan fingerprint density at radius 2 is 1.90 bits per heavy atom. The maximum absolute atomic E-state index is 13.2. The highest BCUT2D eigenvalue weighted by molar-refractivity contribution is 7.99. The van der Waals surface area contributed by atoms with Crippen LogP contribution < -0.4 is 15.4 Å². The minimum atomic E-state index is -0.803. The van der Waals surface area contributed by atoms with Crippen LogP contribution in [0.2, 0.25) is 5.02 Å². The summed E-state index contributed by atoms with van der Waals surface area (Å²) in [6, 6.07) is 19.4. The number of benzene rings is 3. The van der Waals surface area contributed by atoms with Crippen LogP contribution in [0.25, 0.3) is 20.9 Å². The van der Waals surface area contributed by atoms with E-state index in [1.165, 1.54) is 29.2 Å². The van der Waals surface area contributed by atoms with E-state index in [-0.39, 0.29) is 22.7 Å². The van der Waals surface area contributed by atoms with Gasteiger partial charge in [-0.05, 0) is 42.8 Å². The van der Waals surface area contributed by atoms with Crippen LogP contribution in [0.1, 0.15) is 51.1 Å². The first kappa shape index (κ1) is 34.2. The SMILES string of the molecule is CCC(SCc1cn2c(n1)sc1cc(Oc3ccccc3CNC(=O)Nc3cc(C(C)(C)C)nn3-c3ccc(O)c(Cl)c3)ccc12)C(=O)O. The summed E-state index contributed by atoms with van der Waals surface area (Å²) < 4.78 is 10.9. The summed E-state index contributed by atoms with van der Waals surface area (Å²) in [7, 11) is 0. The Hall–Kier alpha value is -4.72. The lowest BCUT2D eigenvalue weighted by Gasteiger charge is -2.14. The minimum Gasteiger partial charge on any atom is -0.506 e. The second kappa shape index (κ2) is 14.0. The number of phenols is 1. The lowest BCUT2D eigenvalue weighted by atomic mass is 9.92. The number of thiazole rings is 1. The number of hydrogen-bond acceptors (Lipinski definition) is 8. The molecule has 49 heavy (non-hydrogen) atoms. The second-order valence-corrected chi connectivity index (χ2v) is 15.0. The van der Waals surface area contributed by atoms with Gasteiger partial charge in [-0.25, -0.2) is 14.5 Å². The number of ether oxygens (including phenoxy) is 1. The van der Waals surface area contributed by atoms with Gasteiger partial charge in [-0.2, -0.15) is 5.10 Å². The molecule has 6 rings (SSSR count). The zero-order valence-electron chi connectivity index (χ0n) is 27.2. The lowest BCUT2D eigenvalue weighted by Crippen LogP contribution is -2.29. The third-order valence-electron chi connectivity index (χ3n) is 7.73. The van der Waals surface area contributed by atoms with Crippen molar-refractivity contribution in [1.29, 1.82) is 0 Å². The maximum Gasteiger partial charge on any atom is 0.320 e. The van der Waals surface area contributed by atoms with E-state index < -0.39 is 17.3 Å². The molecule has 0 radical (unpaired) electrons. The first-order valence-corrected chi connectivity index (χ1v) is 17.8. The Labute approximate surface area is 295 Å². The maximum atomic E-state index is 13.2. The van der Waals surface area contributed by atoms with Crippen molar-refractivity contribution in [1.82, 2.24) is 24.5 Å². The molecule has 1 unspecified atom stereocenters. The third kappa shape index (κ3) is 7.64. The van der Waals surface area contributed by atoms with E-state index in [1.54, 1.807) is 16.8 Å². The van der Waals surface area contributed by atoms with Gasteiger partial charge < -0.3 is 20.3 Å². The number of para-hydroxylation sites is 1. The fourth-order valence-corrected chi connectivity index (χ4v) is 7.20. The number of fused-ring (bicyclic) bond motifs is 3. The number of urea groups is 1. The molecule has 11 nitrogen and oxygen atoms in total. The average molecular weight is 719 g/mol. The molecule has 0 saturated heterocycles. The van der Waals surface area contributed by atoms with Crippen molar-refractivity contribution < 1.29 is 24.5 Å². The molecule has 0 bridgehead atoms. The fourth-order valence-electron chi connectivity index (χ4n) is 5.08. The number of aromatic hydroxyl groups is 1. The van der Waals surface area contributed by atoms with Crippen LogP contribution in [-0.2, 0) is 22.5 Å². The van der Waals surface area contributed by atoms with E-state index in [0.29, 0.717) is 35.2 Å². The van der Waals surface area contributed by atoms with Gasteiger partial charge in [0.2, 0.25) is 0 Å². The highest BCUT2D eigenvalue weighted by atomic mass is 35.5. The number of carbonyl (C=O) groups is 2. The van der Waals surface area contributed by atoms with Crippen LogP contribution in [0.5, 0.6) is 17.2 Å². The zero-order valence-corrected chi connectivity index (χ0v) is 29.6. The van der Waals surface area contributed by atoms with Crippen LogP contribution in [0.15, 0.2) is 72.9 Å². The number of phenolic OH excluding ortho intramolecular Hbond substituents is 1. The number of nitrogens with zero attached hydrogens (tertiary/aromatic N) is 4. The normalized spacial score (nSPS) is 12.3. The van der Waals surface area contributed by atoms with Crippen molar-refractivity contribution in [3.8, 4) is 22.9 Å². The molecule has 6 aromatic rings. The number of halogens is 1. The molecule has 0 saturated carbocycles.